The topological polar surface area (TPSA) is 35.0 Å². The first kappa shape index (κ1) is 9.15. The number of rotatable bonds is 2. The van der Waals surface area contributed by atoms with Crippen LogP contribution < -0.4 is 4.74 Å². The Morgan fingerprint density at radius 1 is 1.14 bits per heavy atom. The number of ether oxygens (including phenoxy) is 1. The predicted octanol–water partition coefficient (Wildman–Crippen LogP) is 3.03. The molecule has 0 aliphatic carbocycles. The number of aromatic nitrogens is 2. The highest BCUT2D eigenvalue weighted by Crippen LogP contribution is 2.21. The maximum Gasteiger partial charge on any atom is 0.238 e. The van der Waals surface area contributed by atoms with Crippen molar-refractivity contribution in [3.8, 4) is 11.6 Å². The van der Waals surface area contributed by atoms with Gasteiger partial charge in [-0.05, 0) is 24.3 Å². The molecule has 1 aromatic heterocycles. The quantitative estimate of drug-likeness (QED) is 0.822. The standard InChI is InChI=1S/C10H7BrN2O/c11-8-3-1-4-9(7-8)14-10-5-2-6-12-13-10/h1-7H. The summed E-state index contributed by atoms with van der Waals surface area (Å²) >= 11 is 3.36. The lowest BCUT2D eigenvalue weighted by Gasteiger charge is -2.02. The fraction of sp³-hybridized carbons (Fsp3) is 0. The highest BCUT2D eigenvalue weighted by molar-refractivity contribution is 9.10. The molecule has 70 valence electrons. The third-order valence-corrected chi connectivity index (χ3v) is 2.06. The second-order valence-electron chi connectivity index (χ2n) is 2.62. The molecule has 0 aliphatic heterocycles. The Bertz CT molecular complexity index is 419. The summed E-state index contributed by atoms with van der Waals surface area (Å²) in [4.78, 5) is 0. The molecular formula is C10H7BrN2O. The van der Waals surface area contributed by atoms with Crippen molar-refractivity contribution in [3.63, 3.8) is 0 Å². The molecule has 0 amide bonds. The van der Waals surface area contributed by atoms with Crippen molar-refractivity contribution in [1.82, 2.24) is 10.2 Å². The zero-order valence-electron chi connectivity index (χ0n) is 7.22. The first-order valence-corrected chi connectivity index (χ1v) is 4.85. The van der Waals surface area contributed by atoms with Crippen LogP contribution in [0.3, 0.4) is 0 Å². The van der Waals surface area contributed by atoms with Crippen LogP contribution in [-0.2, 0) is 0 Å². The molecule has 1 aromatic carbocycles. The molecule has 0 unspecified atom stereocenters. The number of hydrogen-bond donors (Lipinski definition) is 0. The first-order chi connectivity index (χ1) is 6.84. The molecular weight excluding hydrogens is 244 g/mol. The van der Waals surface area contributed by atoms with E-state index in [1.54, 1.807) is 18.3 Å². The van der Waals surface area contributed by atoms with E-state index < -0.39 is 0 Å². The summed E-state index contributed by atoms with van der Waals surface area (Å²) in [5.74, 6) is 1.23. The van der Waals surface area contributed by atoms with Crippen molar-refractivity contribution < 1.29 is 4.74 Å². The van der Waals surface area contributed by atoms with Crippen LogP contribution in [0.25, 0.3) is 0 Å². The minimum absolute atomic E-state index is 0.491. The van der Waals surface area contributed by atoms with Gasteiger partial charge in [0.05, 0.1) is 0 Å². The maximum absolute atomic E-state index is 5.46. The van der Waals surface area contributed by atoms with E-state index in [2.05, 4.69) is 26.1 Å². The maximum atomic E-state index is 5.46. The molecule has 0 saturated heterocycles. The number of benzene rings is 1. The van der Waals surface area contributed by atoms with Crippen molar-refractivity contribution in [1.29, 1.82) is 0 Å². The summed E-state index contributed by atoms with van der Waals surface area (Å²) < 4.78 is 6.43. The van der Waals surface area contributed by atoms with Gasteiger partial charge >= 0.3 is 0 Å². The summed E-state index contributed by atoms with van der Waals surface area (Å²) in [7, 11) is 0. The van der Waals surface area contributed by atoms with Gasteiger partial charge in [0.2, 0.25) is 5.88 Å². The van der Waals surface area contributed by atoms with Gasteiger partial charge in [-0.1, -0.05) is 22.0 Å². The molecule has 0 saturated carbocycles. The average Bonchev–Trinajstić information content (AvgIpc) is 2.19. The fourth-order valence-corrected chi connectivity index (χ4v) is 1.37. The SMILES string of the molecule is Brc1cccc(Oc2cccnn2)c1. The van der Waals surface area contributed by atoms with E-state index in [4.69, 9.17) is 4.74 Å². The number of nitrogens with zero attached hydrogens (tertiary/aromatic N) is 2. The van der Waals surface area contributed by atoms with Gasteiger partial charge in [0.15, 0.2) is 0 Å². The second-order valence-corrected chi connectivity index (χ2v) is 3.54. The zero-order chi connectivity index (χ0) is 9.80. The molecule has 1 heterocycles. The van der Waals surface area contributed by atoms with E-state index >= 15 is 0 Å². The fourth-order valence-electron chi connectivity index (χ4n) is 0.993. The largest absolute Gasteiger partial charge is 0.437 e. The van der Waals surface area contributed by atoms with Crippen LogP contribution in [0.5, 0.6) is 11.6 Å². The Morgan fingerprint density at radius 3 is 2.79 bits per heavy atom. The van der Waals surface area contributed by atoms with Crippen molar-refractivity contribution in [2.24, 2.45) is 0 Å². The van der Waals surface area contributed by atoms with E-state index in [1.165, 1.54) is 0 Å². The summed E-state index contributed by atoms with van der Waals surface area (Å²) in [6.45, 7) is 0. The summed E-state index contributed by atoms with van der Waals surface area (Å²) in [5.41, 5.74) is 0. The molecule has 0 aliphatic rings. The smallest absolute Gasteiger partial charge is 0.238 e. The molecule has 2 aromatic rings. The molecule has 0 N–H and O–H groups in total. The molecule has 0 radical (unpaired) electrons. The van der Waals surface area contributed by atoms with Gasteiger partial charge in [0, 0.05) is 16.7 Å². The van der Waals surface area contributed by atoms with Crippen molar-refractivity contribution in [2.45, 2.75) is 0 Å². The van der Waals surface area contributed by atoms with Gasteiger partial charge in [0.25, 0.3) is 0 Å². The van der Waals surface area contributed by atoms with Crippen LogP contribution >= 0.6 is 15.9 Å². The van der Waals surface area contributed by atoms with Crippen molar-refractivity contribution >= 4 is 15.9 Å². The molecule has 0 bridgehead atoms. The lowest BCUT2D eigenvalue weighted by Crippen LogP contribution is -1.88. The molecule has 2 rings (SSSR count). The Morgan fingerprint density at radius 2 is 2.07 bits per heavy atom. The van der Waals surface area contributed by atoms with Crippen LogP contribution in [0.1, 0.15) is 0 Å². The van der Waals surface area contributed by atoms with Crippen LogP contribution in [0, 0.1) is 0 Å². The monoisotopic (exact) mass is 250 g/mol. The van der Waals surface area contributed by atoms with Crippen LogP contribution in [0.2, 0.25) is 0 Å². The molecule has 4 heteroatoms. The number of halogens is 1. The van der Waals surface area contributed by atoms with Gasteiger partial charge < -0.3 is 4.74 Å². The normalized spacial score (nSPS) is 9.79. The lowest BCUT2D eigenvalue weighted by atomic mass is 10.3. The number of hydrogen-bond acceptors (Lipinski definition) is 3. The van der Waals surface area contributed by atoms with Crippen LogP contribution in [-0.4, -0.2) is 10.2 Å². The minimum atomic E-state index is 0.491. The third kappa shape index (κ3) is 2.29. The molecule has 0 spiro atoms. The van der Waals surface area contributed by atoms with E-state index in [1.807, 2.05) is 24.3 Å². The summed E-state index contributed by atoms with van der Waals surface area (Å²) in [6.07, 6.45) is 1.60. The summed E-state index contributed by atoms with van der Waals surface area (Å²) in [6, 6.07) is 11.1. The van der Waals surface area contributed by atoms with E-state index in [-0.39, 0.29) is 0 Å². The Labute approximate surface area is 89.9 Å². The zero-order valence-corrected chi connectivity index (χ0v) is 8.81. The molecule has 3 nitrogen and oxygen atoms in total. The Hall–Kier alpha value is -1.42. The van der Waals surface area contributed by atoms with Gasteiger partial charge in [-0.3, -0.25) is 0 Å². The average molecular weight is 251 g/mol. The Balaban J connectivity index is 2.19. The van der Waals surface area contributed by atoms with Crippen molar-refractivity contribution in [2.75, 3.05) is 0 Å². The Kier molecular flexibility index (Phi) is 2.74. The highest BCUT2D eigenvalue weighted by Gasteiger charge is 1.97. The van der Waals surface area contributed by atoms with Crippen LogP contribution in [0.4, 0.5) is 0 Å². The highest BCUT2D eigenvalue weighted by atomic mass is 79.9. The van der Waals surface area contributed by atoms with Crippen LogP contribution in [0.15, 0.2) is 47.1 Å². The van der Waals surface area contributed by atoms with Crippen molar-refractivity contribution in [3.05, 3.63) is 47.1 Å². The lowest BCUT2D eigenvalue weighted by molar-refractivity contribution is 0.455. The van der Waals surface area contributed by atoms with Gasteiger partial charge in [-0.25, -0.2) is 0 Å². The van der Waals surface area contributed by atoms with Gasteiger partial charge in [-0.15, -0.1) is 5.10 Å². The van der Waals surface area contributed by atoms with E-state index in [0.717, 1.165) is 10.2 Å². The molecule has 0 fully saturated rings. The molecule has 0 atom stereocenters. The first-order valence-electron chi connectivity index (χ1n) is 4.06. The molecule has 14 heavy (non-hydrogen) atoms. The summed E-state index contributed by atoms with van der Waals surface area (Å²) in [5, 5.41) is 7.53. The third-order valence-electron chi connectivity index (χ3n) is 1.57. The predicted molar refractivity (Wildman–Crippen MR) is 56.2 cm³/mol. The van der Waals surface area contributed by atoms with E-state index in [9.17, 15) is 0 Å². The van der Waals surface area contributed by atoms with Gasteiger partial charge in [0.1, 0.15) is 5.75 Å². The minimum Gasteiger partial charge on any atom is -0.437 e. The second kappa shape index (κ2) is 4.19. The van der Waals surface area contributed by atoms with E-state index in [0.29, 0.717) is 5.88 Å². The van der Waals surface area contributed by atoms with Gasteiger partial charge in [-0.2, -0.15) is 5.10 Å².